The first-order chi connectivity index (χ1) is 19.4. The summed E-state index contributed by atoms with van der Waals surface area (Å²) >= 11 is 0. The second-order valence-electron chi connectivity index (χ2n) is 9.79. The Morgan fingerprint density at radius 1 is 1.05 bits per heavy atom. The van der Waals surface area contributed by atoms with Gasteiger partial charge in [-0.2, -0.15) is 0 Å². The summed E-state index contributed by atoms with van der Waals surface area (Å²) in [6.07, 6.45) is 5.98. The van der Waals surface area contributed by atoms with Gasteiger partial charge in [0.25, 0.3) is 0 Å². The summed E-state index contributed by atoms with van der Waals surface area (Å²) in [7, 11) is -1.99. The molecule has 10 nitrogen and oxygen atoms in total. The van der Waals surface area contributed by atoms with Gasteiger partial charge in [-0.15, -0.1) is 0 Å². The molecule has 3 N–H and O–H groups in total. The minimum absolute atomic E-state index is 0.0310. The summed E-state index contributed by atoms with van der Waals surface area (Å²) in [6, 6.07) is 15.1. The lowest BCUT2D eigenvalue weighted by Crippen LogP contribution is -2.38. The number of anilines is 2. The van der Waals surface area contributed by atoms with Gasteiger partial charge in [-0.3, -0.25) is 4.72 Å². The van der Waals surface area contributed by atoms with Crippen LogP contribution in [0.4, 0.5) is 11.6 Å². The zero-order chi connectivity index (χ0) is 28.0. The predicted octanol–water partition coefficient (Wildman–Crippen LogP) is 4.73. The highest BCUT2D eigenvalue weighted by atomic mass is 32.2. The van der Waals surface area contributed by atoms with Crippen LogP contribution in [-0.4, -0.2) is 62.0 Å². The molecule has 40 heavy (non-hydrogen) atoms. The number of nitrogens with zero attached hydrogens (tertiary/aromatic N) is 3. The fourth-order valence-electron chi connectivity index (χ4n) is 4.78. The third kappa shape index (κ3) is 6.67. The maximum Gasteiger partial charge on any atom is 0.232 e. The number of hydrogen-bond acceptors (Lipinski definition) is 9. The van der Waals surface area contributed by atoms with Gasteiger partial charge in [0.15, 0.2) is 0 Å². The van der Waals surface area contributed by atoms with Gasteiger partial charge in [-0.25, -0.2) is 23.4 Å². The molecule has 1 aliphatic rings. The van der Waals surface area contributed by atoms with Crippen LogP contribution in [0.2, 0.25) is 0 Å². The number of pyridine rings is 1. The van der Waals surface area contributed by atoms with E-state index < -0.39 is 10.0 Å². The van der Waals surface area contributed by atoms with E-state index in [1.54, 1.807) is 25.6 Å². The Balaban J connectivity index is 1.45. The first-order valence-electron chi connectivity index (χ1n) is 13.4. The van der Waals surface area contributed by atoms with Gasteiger partial charge in [0.1, 0.15) is 5.75 Å². The van der Waals surface area contributed by atoms with E-state index in [-0.39, 0.29) is 11.8 Å². The first kappa shape index (κ1) is 27.8. The number of piperidine rings is 1. The largest absolute Gasteiger partial charge is 0.437 e. The molecule has 11 heteroatoms. The number of hydrogen-bond donors (Lipinski definition) is 3. The average Bonchev–Trinajstić information content (AvgIpc) is 2.95. The van der Waals surface area contributed by atoms with E-state index in [4.69, 9.17) is 14.5 Å². The number of fused-ring (bicyclic) bond motifs is 1. The van der Waals surface area contributed by atoms with E-state index >= 15 is 0 Å². The van der Waals surface area contributed by atoms with E-state index in [0.717, 1.165) is 47.8 Å². The smallest absolute Gasteiger partial charge is 0.232 e. The Kier molecular flexibility index (Phi) is 8.73. The molecular formula is C29H34N6O4S. The molecule has 210 valence electrons. The van der Waals surface area contributed by atoms with E-state index in [1.807, 2.05) is 49.4 Å². The number of benzene rings is 2. The van der Waals surface area contributed by atoms with Crippen LogP contribution >= 0.6 is 0 Å². The molecule has 3 heterocycles. The SMILES string of the molecule is COCCCS(=O)(=O)Nc1cccc2c(Oc3ncccc3-c3ccnc(NC4CCCNC4)n3)c(C)ccc12. The lowest BCUT2D eigenvalue weighted by Gasteiger charge is -2.23. The molecular weight excluding hydrogens is 528 g/mol. The summed E-state index contributed by atoms with van der Waals surface area (Å²) in [4.78, 5) is 13.7. The first-order valence-corrected chi connectivity index (χ1v) is 15.0. The van der Waals surface area contributed by atoms with Crippen molar-refractivity contribution in [3.63, 3.8) is 0 Å². The molecule has 0 saturated carbocycles. The van der Waals surface area contributed by atoms with Crippen molar-refractivity contribution in [2.24, 2.45) is 0 Å². The van der Waals surface area contributed by atoms with Gasteiger partial charge in [-0.05, 0) is 62.6 Å². The highest BCUT2D eigenvalue weighted by Gasteiger charge is 2.18. The zero-order valence-corrected chi connectivity index (χ0v) is 23.5. The van der Waals surface area contributed by atoms with Crippen LogP contribution in [0.15, 0.2) is 60.9 Å². The van der Waals surface area contributed by atoms with E-state index in [2.05, 4.69) is 25.3 Å². The van der Waals surface area contributed by atoms with Crippen LogP contribution in [0.25, 0.3) is 22.0 Å². The fourth-order valence-corrected chi connectivity index (χ4v) is 5.89. The quantitative estimate of drug-likeness (QED) is 0.222. The van der Waals surface area contributed by atoms with Crippen molar-refractivity contribution in [2.75, 3.05) is 42.6 Å². The number of sulfonamides is 1. The minimum atomic E-state index is -3.55. The fraction of sp³-hybridized carbons (Fsp3) is 0.345. The van der Waals surface area contributed by atoms with E-state index in [1.165, 1.54) is 0 Å². The third-order valence-electron chi connectivity index (χ3n) is 6.77. The number of rotatable bonds is 11. The van der Waals surface area contributed by atoms with Gasteiger partial charge in [0.2, 0.25) is 21.9 Å². The Morgan fingerprint density at radius 2 is 1.95 bits per heavy atom. The summed E-state index contributed by atoms with van der Waals surface area (Å²) < 4.78 is 39.6. The average molecular weight is 563 g/mol. The Labute approximate surface area is 234 Å². The molecule has 2 aromatic heterocycles. The number of ether oxygens (including phenoxy) is 2. The number of aromatic nitrogens is 3. The van der Waals surface area contributed by atoms with Crippen LogP contribution in [0.5, 0.6) is 11.6 Å². The van der Waals surface area contributed by atoms with Gasteiger partial charge in [-0.1, -0.05) is 24.3 Å². The van der Waals surface area contributed by atoms with Crippen LogP contribution in [0.1, 0.15) is 24.8 Å². The highest BCUT2D eigenvalue weighted by molar-refractivity contribution is 7.92. The van der Waals surface area contributed by atoms with Crippen LogP contribution < -0.4 is 20.1 Å². The van der Waals surface area contributed by atoms with Crippen LogP contribution in [0.3, 0.4) is 0 Å². The maximum absolute atomic E-state index is 12.7. The number of nitrogens with one attached hydrogen (secondary N) is 3. The van der Waals surface area contributed by atoms with Crippen molar-refractivity contribution in [3.8, 4) is 22.9 Å². The van der Waals surface area contributed by atoms with Crippen LogP contribution in [0, 0.1) is 6.92 Å². The van der Waals surface area contributed by atoms with Crippen molar-refractivity contribution in [1.29, 1.82) is 0 Å². The molecule has 0 amide bonds. The molecule has 1 unspecified atom stereocenters. The lowest BCUT2D eigenvalue weighted by molar-refractivity contribution is 0.199. The molecule has 0 radical (unpaired) electrons. The van der Waals surface area contributed by atoms with Crippen molar-refractivity contribution in [3.05, 3.63) is 66.5 Å². The Morgan fingerprint density at radius 3 is 2.77 bits per heavy atom. The summed E-state index contributed by atoms with van der Waals surface area (Å²) in [5, 5.41) is 8.31. The Bertz CT molecular complexity index is 1570. The molecule has 4 aromatic rings. The van der Waals surface area contributed by atoms with E-state index in [0.29, 0.717) is 42.0 Å². The molecule has 0 bridgehead atoms. The molecule has 2 aromatic carbocycles. The minimum Gasteiger partial charge on any atom is -0.437 e. The van der Waals surface area contributed by atoms with Gasteiger partial charge < -0.3 is 20.1 Å². The predicted molar refractivity (Wildman–Crippen MR) is 157 cm³/mol. The van der Waals surface area contributed by atoms with E-state index in [9.17, 15) is 8.42 Å². The molecule has 1 aliphatic heterocycles. The molecule has 1 atom stereocenters. The molecule has 5 rings (SSSR count). The molecule has 0 spiro atoms. The molecule has 1 saturated heterocycles. The lowest BCUT2D eigenvalue weighted by atomic mass is 10.0. The topological polar surface area (TPSA) is 127 Å². The third-order valence-corrected chi connectivity index (χ3v) is 8.12. The van der Waals surface area contributed by atoms with Crippen molar-refractivity contribution in [2.45, 2.75) is 32.2 Å². The van der Waals surface area contributed by atoms with Gasteiger partial charge in [0, 0.05) is 49.5 Å². The maximum atomic E-state index is 12.7. The molecule has 1 fully saturated rings. The second-order valence-corrected chi connectivity index (χ2v) is 11.6. The van der Waals surface area contributed by atoms with Crippen LogP contribution in [-0.2, 0) is 14.8 Å². The summed E-state index contributed by atoms with van der Waals surface area (Å²) in [5.74, 6) is 1.52. The normalized spacial score (nSPS) is 15.6. The van der Waals surface area contributed by atoms with Crippen molar-refractivity contribution < 1.29 is 17.9 Å². The van der Waals surface area contributed by atoms with Gasteiger partial charge >= 0.3 is 0 Å². The summed E-state index contributed by atoms with van der Waals surface area (Å²) in [6.45, 7) is 4.23. The van der Waals surface area contributed by atoms with Crippen molar-refractivity contribution >= 4 is 32.4 Å². The number of methoxy groups -OCH3 is 1. The monoisotopic (exact) mass is 562 g/mol. The second kappa shape index (κ2) is 12.6. The summed E-state index contributed by atoms with van der Waals surface area (Å²) in [5.41, 5.74) is 2.79. The zero-order valence-electron chi connectivity index (χ0n) is 22.7. The standard InChI is InChI=1S/C29H34N6O4S/c1-20-11-12-22-23(8-3-10-26(22)35-40(36,37)18-6-17-38-2)27(20)39-28-24(9-5-15-31-28)25-13-16-32-29(34-25)33-21-7-4-14-30-19-21/h3,5,8-13,15-16,21,30,35H,4,6-7,14,17-19H2,1-2H3,(H,32,33,34). The number of aryl methyl sites for hydroxylation is 1. The molecule has 0 aliphatic carbocycles. The van der Waals surface area contributed by atoms with Gasteiger partial charge in [0.05, 0.1) is 22.7 Å². The Hall–Kier alpha value is -3.80. The highest BCUT2D eigenvalue weighted by Crippen LogP contribution is 2.38. The van der Waals surface area contributed by atoms with Crippen molar-refractivity contribution in [1.82, 2.24) is 20.3 Å².